The summed E-state index contributed by atoms with van der Waals surface area (Å²) in [6.07, 6.45) is 2.46. The summed E-state index contributed by atoms with van der Waals surface area (Å²) in [4.78, 5) is 23.4. The molecule has 0 spiro atoms. The van der Waals surface area contributed by atoms with Crippen molar-refractivity contribution in [1.29, 1.82) is 0 Å². The summed E-state index contributed by atoms with van der Waals surface area (Å²) in [7, 11) is 0. The van der Waals surface area contributed by atoms with Crippen LogP contribution in [-0.4, -0.2) is 21.6 Å². The van der Waals surface area contributed by atoms with Crippen molar-refractivity contribution in [3.05, 3.63) is 57.5 Å². The highest BCUT2D eigenvalue weighted by molar-refractivity contribution is 5.19. The Morgan fingerprint density at radius 1 is 1.35 bits per heavy atom. The smallest absolute Gasteiger partial charge is 0.256 e. The molecule has 0 amide bonds. The van der Waals surface area contributed by atoms with Gasteiger partial charge in [-0.3, -0.25) is 9.78 Å². The molecule has 0 saturated heterocycles. The summed E-state index contributed by atoms with van der Waals surface area (Å²) in [6.45, 7) is 2.15. The number of pyridine rings is 1. The predicted octanol–water partition coefficient (Wildman–Crippen LogP) is 0.527. The molecule has 6 nitrogen and oxygen atoms in total. The number of rotatable bonds is 4. The summed E-state index contributed by atoms with van der Waals surface area (Å²) >= 11 is 0. The molecule has 3 heterocycles. The standard InChI is InChI=1S/C14H16N4O2/c19-14-11-9-20-6-4-12(11)17-13(18-14)8-15-7-10-3-1-2-5-16-10/h1-3,5,15H,4,6-9H2,(H,17,18,19). The number of ether oxygens (including phenoxy) is 1. The third-order valence-corrected chi connectivity index (χ3v) is 3.20. The van der Waals surface area contributed by atoms with Crippen molar-refractivity contribution < 1.29 is 4.74 Å². The van der Waals surface area contributed by atoms with Gasteiger partial charge in [-0.2, -0.15) is 0 Å². The fraction of sp³-hybridized carbons (Fsp3) is 0.357. The lowest BCUT2D eigenvalue weighted by Gasteiger charge is -2.15. The second-order valence-electron chi connectivity index (χ2n) is 4.67. The van der Waals surface area contributed by atoms with E-state index in [0.29, 0.717) is 44.1 Å². The molecule has 2 N–H and O–H groups in total. The van der Waals surface area contributed by atoms with Crippen LogP contribution in [0.15, 0.2) is 29.2 Å². The maximum Gasteiger partial charge on any atom is 0.256 e. The van der Waals surface area contributed by atoms with Crippen LogP contribution in [0.25, 0.3) is 0 Å². The molecule has 0 radical (unpaired) electrons. The van der Waals surface area contributed by atoms with Gasteiger partial charge in [0.15, 0.2) is 0 Å². The van der Waals surface area contributed by atoms with Gasteiger partial charge in [0.25, 0.3) is 5.56 Å². The minimum absolute atomic E-state index is 0.0932. The molecule has 6 heteroatoms. The molecule has 0 bridgehead atoms. The monoisotopic (exact) mass is 272 g/mol. The Hall–Kier alpha value is -2.05. The summed E-state index contributed by atoms with van der Waals surface area (Å²) in [6, 6.07) is 5.78. The third kappa shape index (κ3) is 2.92. The van der Waals surface area contributed by atoms with E-state index < -0.39 is 0 Å². The highest BCUT2D eigenvalue weighted by Gasteiger charge is 2.15. The molecule has 0 saturated carbocycles. The van der Waals surface area contributed by atoms with Gasteiger partial charge < -0.3 is 15.0 Å². The van der Waals surface area contributed by atoms with Crippen LogP contribution in [0.3, 0.4) is 0 Å². The molecule has 1 aliphatic heterocycles. The Kier molecular flexibility index (Phi) is 3.85. The van der Waals surface area contributed by atoms with Crippen molar-refractivity contribution in [3.63, 3.8) is 0 Å². The Balaban J connectivity index is 1.66. The second-order valence-corrected chi connectivity index (χ2v) is 4.67. The van der Waals surface area contributed by atoms with Crippen molar-refractivity contribution in [3.8, 4) is 0 Å². The predicted molar refractivity (Wildman–Crippen MR) is 73.0 cm³/mol. The molecule has 0 unspecified atom stereocenters. The van der Waals surface area contributed by atoms with Crippen LogP contribution in [0.4, 0.5) is 0 Å². The molecule has 2 aromatic heterocycles. The van der Waals surface area contributed by atoms with E-state index in [4.69, 9.17) is 4.74 Å². The average Bonchev–Trinajstić information content (AvgIpc) is 2.48. The highest BCUT2D eigenvalue weighted by Crippen LogP contribution is 2.09. The lowest BCUT2D eigenvalue weighted by Crippen LogP contribution is -2.27. The summed E-state index contributed by atoms with van der Waals surface area (Å²) in [5, 5.41) is 3.23. The van der Waals surface area contributed by atoms with Crippen LogP contribution < -0.4 is 10.9 Å². The molecule has 20 heavy (non-hydrogen) atoms. The van der Waals surface area contributed by atoms with Gasteiger partial charge in [-0.05, 0) is 12.1 Å². The van der Waals surface area contributed by atoms with E-state index in [0.717, 1.165) is 11.4 Å². The Morgan fingerprint density at radius 2 is 2.30 bits per heavy atom. The quantitative estimate of drug-likeness (QED) is 0.848. The van der Waals surface area contributed by atoms with Crippen molar-refractivity contribution in [1.82, 2.24) is 20.3 Å². The first-order chi connectivity index (χ1) is 9.83. The molecule has 0 fully saturated rings. The first kappa shape index (κ1) is 13.0. The van der Waals surface area contributed by atoms with E-state index in [-0.39, 0.29) is 5.56 Å². The first-order valence-corrected chi connectivity index (χ1v) is 6.62. The van der Waals surface area contributed by atoms with Crippen LogP contribution >= 0.6 is 0 Å². The molecule has 0 aromatic carbocycles. The van der Waals surface area contributed by atoms with E-state index in [1.54, 1.807) is 6.20 Å². The summed E-state index contributed by atoms with van der Waals surface area (Å²) in [5.74, 6) is 0.659. The molecule has 0 aliphatic carbocycles. The highest BCUT2D eigenvalue weighted by atomic mass is 16.5. The van der Waals surface area contributed by atoms with Crippen LogP contribution in [0.2, 0.25) is 0 Å². The van der Waals surface area contributed by atoms with E-state index in [1.165, 1.54) is 0 Å². The van der Waals surface area contributed by atoms with Gasteiger partial charge in [0, 0.05) is 19.2 Å². The van der Waals surface area contributed by atoms with Gasteiger partial charge in [0.1, 0.15) is 5.82 Å². The van der Waals surface area contributed by atoms with Gasteiger partial charge in [-0.1, -0.05) is 6.07 Å². The third-order valence-electron chi connectivity index (χ3n) is 3.20. The Bertz CT molecular complexity index is 639. The lowest BCUT2D eigenvalue weighted by molar-refractivity contribution is 0.108. The fourth-order valence-corrected chi connectivity index (χ4v) is 2.19. The normalized spacial score (nSPS) is 14.0. The number of aromatic nitrogens is 3. The van der Waals surface area contributed by atoms with E-state index in [9.17, 15) is 4.79 Å². The van der Waals surface area contributed by atoms with Crippen LogP contribution in [0.5, 0.6) is 0 Å². The van der Waals surface area contributed by atoms with Crippen molar-refractivity contribution in [2.45, 2.75) is 26.1 Å². The maximum absolute atomic E-state index is 11.9. The van der Waals surface area contributed by atoms with Gasteiger partial charge >= 0.3 is 0 Å². The summed E-state index contributed by atoms with van der Waals surface area (Å²) in [5.41, 5.74) is 2.38. The fourth-order valence-electron chi connectivity index (χ4n) is 2.19. The zero-order valence-electron chi connectivity index (χ0n) is 11.1. The summed E-state index contributed by atoms with van der Waals surface area (Å²) < 4.78 is 5.27. The van der Waals surface area contributed by atoms with Crippen LogP contribution in [0, 0.1) is 0 Å². The van der Waals surface area contributed by atoms with Gasteiger partial charge in [0.05, 0.1) is 36.7 Å². The number of hydrogen-bond donors (Lipinski definition) is 2. The van der Waals surface area contributed by atoms with E-state index in [1.807, 2.05) is 18.2 Å². The average molecular weight is 272 g/mol. The minimum atomic E-state index is -0.0932. The number of H-pyrrole nitrogens is 1. The zero-order chi connectivity index (χ0) is 13.8. The van der Waals surface area contributed by atoms with Crippen molar-refractivity contribution in [2.24, 2.45) is 0 Å². The first-order valence-electron chi connectivity index (χ1n) is 6.62. The Morgan fingerprint density at radius 3 is 3.15 bits per heavy atom. The van der Waals surface area contributed by atoms with Crippen molar-refractivity contribution >= 4 is 0 Å². The van der Waals surface area contributed by atoms with E-state index >= 15 is 0 Å². The molecular formula is C14H16N4O2. The van der Waals surface area contributed by atoms with E-state index in [2.05, 4.69) is 20.3 Å². The number of hydrogen-bond acceptors (Lipinski definition) is 5. The van der Waals surface area contributed by atoms with Crippen LogP contribution in [-0.2, 0) is 30.9 Å². The molecule has 0 atom stereocenters. The number of aromatic amines is 1. The molecule has 1 aliphatic rings. The molecular weight excluding hydrogens is 256 g/mol. The van der Waals surface area contributed by atoms with Gasteiger partial charge in [0.2, 0.25) is 0 Å². The molecule has 2 aromatic rings. The van der Waals surface area contributed by atoms with Gasteiger partial charge in [-0.15, -0.1) is 0 Å². The number of nitrogens with one attached hydrogen (secondary N) is 2. The topological polar surface area (TPSA) is 79.9 Å². The zero-order valence-corrected chi connectivity index (χ0v) is 11.1. The maximum atomic E-state index is 11.9. The largest absolute Gasteiger partial charge is 0.376 e. The molecule has 3 rings (SSSR count). The van der Waals surface area contributed by atoms with Gasteiger partial charge in [-0.25, -0.2) is 4.98 Å². The number of nitrogens with zero attached hydrogens (tertiary/aromatic N) is 2. The minimum Gasteiger partial charge on any atom is -0.376 e. The molecule has 104 valence electrons. The second kappa shape index (κ2) is 5.94. The van der Waals surface area contributed by atoms with Crippen molar-refractivity contribution in [2.75, 3.05) is 6.61 Å². The number of fused-ring (bicyclic) bond motifs is 1. The Labute approximate surface area is 116 Å². The van der Waals surface area contributed by atoms with Crippen LogP contribution in [0.1, 0.15) is 22.8 Å². The SMILES string of the molecule is O=c1[nH]c(CNCc2ccccn2)nc2c1COCC2. The lowest BCUT2D eigenvalue weighted by atomic mass is 10.1.